The van der Waals surface area contributed by atoms with Crippen LogP contribution >= 0.6 is 11.6 Å². The number of nitrogens with zero attached hydrogens (tertiary/aromatic N) is 3. The van der Waals surface area contributed by atoms with Gasteiger partial charge in [0.1, 0.15) is 17.1 Å². The van der Waals surface area contributed by atoms with Gasteiger partial charge in [-0.25, -0.2) is 9.97 Å². The summed E-state index contributed by atoms with van der Waals surface area (Å²) in [5, 5.41) is 0.600. The lowest BCUT2D eigenvalue weighted by Gasteiger charge is -2.05. The second kappa shape index (κ2) is 4.97. The van der Waals surface area contributed by atoms with Gasteiger partial charge in [-0.05, 0) is 18.2 Å². The second-order valence-corrected chi connectivity index (χ2v) is 4.46. The lowest BCUT2D eigenvalue weighted by Crippen LogP contribution is -1.90. The third-order valence-corrected chi connectivity index (χ3v) is 3.05. The number of hydrogen-bond donors (Lipinski definition) is 1. The topological polar surface area (TPSA) is 72.9 Å². The fourth-order valence-electron chi connectivity index (χ4n) is 1.88. The Balaban J connectivity index is 2.14. The summed E-state index contributed by atoms with van der Waals surface area (Å²) in [5.74, 6) is 1.27. The van der Waals surface area contributed by atoms with Gasteiger partial charge >= 0.3 is 6.01 Å². The fraction of sp³-hybridized carbons (Fsp3) is 0.154. The van der Waals surface area contributed by atoms with Gasteiger partial charge in [-0.1, -0.05) is 11.6 Å². The minimum Gasteiger partial charge on any atom is -0.496 e. The normalized spacial score (nSPS) is 10.8. The van der Waals surface area contributed by atoms with Crippen LogP contribution in [0.3, 0.4) is 0 Å². The van der Waals surface area contributed by atoms with Crippen molar-refractivity contribution < 1.29 is 9.47 Å². The van der Waals surface area contributed by atoms with Crippen LogP contribution < -0.4 is 9.47 Å². The highest BCUT2D eigenvalue weighted by Gasteiger charge is 2.12. The third-order valence-electron chi connectivity index (χ3n) is 2.82. The van der Waals surface area contributed by atoms with E-state index in [4.69, 9.17) is 21.1 Å². The predicted molar refractivity (Wildman–Crippen MR) is 75.2 cm³/mol. The summed E-state index contributed by atoms with van der Waals surface area (Å²) < 4.78 is 10.3. The molecule has 0 atom stereocenters. The maximum absolute atomic E-state index is 5.95. The first-order chi connectivity index (χ1) is 9.71. The van der Waals surface area contributed by atoms with E-state index in [9.17, 15) is 0 Å². The van der Waals surface area contributed by atoms with E-state index in [2.05, 4.69) is 19.9 Å². The van der Waals surface area contributed by atoms with Gasteiger partial charge in [-0.15, -0.1) is 0 Å². The smallest absolute Gasteiger partial charge is 0.318 e. The summed E-state index contributed by atoms with van der Waals surface area (Å²) >= 11 is 5.95. The number of H-pyrrole nitrogens is 1. The first kappa shape index (κ1) is 12.7. The minimum absolute atomic E-state index is 0.277. The molecule has 0 aliphatic heterocycles. The summed E-state index contributed by atoms with van der Waals surface area (Å²) in [6, 6.07) is 5.62. The number of imidazole rings is 1. The Labute approximate surface area is 119 Å². The number of hydrogen-bond acceptors (Lipinski definition) is 5. The van der Waals surface area contributed by atoms with Gasteiger partial charge in [0.25, 0.3) is 0 Å². The zero-order valence-corrected chi connectivity index (χ0v) is 11.6. The molecule has 0 saturated heterocycles. The van der Waals surface area contributed by atoms with E-state index >= 15 is 0 Å². The molecule has 20 heavy (non-hydrogen) atoms. The summed E-state index contributed by atoms with van der Waals surface area (Å²) in [6.07, 6.45) is 1.63. The van der Waals surface area contributed by atoms with Crippen molar-refractivity contribution in [3.05, 3.63) is 29.4 Å². The highest BCUT2D eigenvalue weighted by molar-refractivity contribution is 6.30. The lowest BCUT2D eigenvalue weighted by molar-refractivity contribution is 0.381. The van der Waals surface area contributed by atoms with Gasteiger partial charge in [0.15, 0.2) is 5.65 Å². The van der Waals surface area contributed by atoms with Crippen molar-refractivity contribution in [1.82, 2.24) is 19.9 Å². The molecule has 2 aromatic heterocycles. The van der Waals surface area contributed by atoms with Crippen LogP contribution in [-0.2, 0) is 0 Å². The van der Waals surface area contributed by atoms with E-state index < -0.39 is 0 Å². The van der Waals surface area contributed by atoms with Crippen LogP contribution in [0.25, 0.3) is 22.6 Å². The molecule has 2 heterocycles. The van der Waals surface area contributed by atoms with Gasteiger partial charge in [0, 0.05) is 5.02 Å². The second-order valence-electron chi connectivity index (χ2n) is 4.02. The molecule has 0 saturated carbocycles. The number of fused-ring (bicyclic) bond motifs is 1. The first-order valence-corrected chi connectivity index (χ1v) is 6.19. The Morgan fingerprint density at radius 2 is 2.00 bits per heavy atom. The predicted octanol–water partition coefficient (Wildman–Crippen LogP) is 2.69. The average Bonchev–Trinajstić information content (AvgIpc) is 2.89. The fourth-order valence-corrected chi connectivity index (χ4v) is 2.04. The number of ether oxygens (including phenoxy) is 2. The zero-order valence-electron chi connectivity index (χ0n) is 10.8. The number of halogens is 1. The molecule has 0 aliphatic carbocycles. The Kier molecular flexibility index (Phi) is 3.15. The Morgan fingerprint density at radius 3 is 2.75 bits per heavy atom. The van der Waals surface area contributed by atoms with Crippen molar-refractivity contribution in [2.75, 3.05) is 14.2 Å². The molecule has 1 N–H and O–H groups in total. The Morgan fingerprint density at radius 1 is 1.15 bits per heavy atom. The zero-order chi connectivity index (χ0) is 14.1. The van der Waals surface area contributed by atoms with Gasteiger partial charge in [0.05, 0.1) is 26.0 Å². The molecule has 3 aromatic rings. The summed E-state index contributed by atoms with van der Waals surface area (Å²) in [6.45, 7) is 0. The van der Waals surface area contributed by atoms with Crippen molar-refractivity contribution in [2.45, 2.75) is 0 Å². The molecule has 0 radical (unpaired) electrons. The highest BCUT2D eigenvalue weighted by atomic mass is 35.5. The third kappa shape index (κ3) is 2.14. The van der Waals surface area contributed by atoms with Crippen LogP contribution in [0.1, 0.15) is 0 Å². The van der Waals surface area contributed by atoms with Crippen molar-refractivity contribution in [3.8, 4) is 23.1 Å². The molecule has 0 spiro atoms. The van der Waals surface area contributed by atoms with Gasteiger partial charge in [0.2, 0.25) is 0 Å². The molecular formula is C13H11ClN4O2. The van der Waals surface area contributed by atoms with E-state index in [0.29, 0.717) is 22.2 Å². The van der Waals surface area contributed by atoms with Gasteiger partial charge < -0.3 is 14.5 Å². The van der Waals surface area contributed by atoms with Crippen LogP contribution in [0.15, 0.2) is 24.4 Å². The Hall–Kier alpha value is -2.34. The lowest BCUT2D eigenvalue weighted by atomic mass is 10.2. The highest BCUT2D eigenvalue weighted by Crippen LogP contribution is 2.31. The monoisotopic (exact) mass is 290 g/mol. The summed E-state index contributed by atoms with van der Waals surface area (Å²) in [5.41, 5.74) is 2.05. The molecule has 0 fully saturated rings. The molecule has 0 amide bonds. The SMILES string of the molecule is COc1ncc2[nH]c(-c3ccc(Cl)cc3OC)nc2n1. The van der Waals surface area contributed by atoms with Gasteiger partial charge in [-0.2, -0.15) is 4.98 Å². The van der Waals surface area contributed by atoms with Gasteiger partial charge in [-0.3, -0.25) is 0 Å². The van der Waals surface area contributed by atoms with Crippen LogP contribution in [0, 0.1) is 0 Å². The quantitative estimate of drug-likeness (QED) is 0.803. The van der Waals surface area contributed by atoms with Crippen molar-refractivity contribution in [3.63, 3.8) is 0 Å². The van der Waals surface area contributed by atoms with Crippen LogP contribution in [0.5, 0.6) is 11.8 Å². The largest absolute Gasteiger partial charge is 0.496 e. The van der Waals surface area contributed by atoms with E-state index in [0.717, 1.165) is 11.1 Å². The molecule has 0 aliphatic rings. The van der Waals surface area contributed by atoms with Crippen molar-refractivity contribution >= 4 is 22.8 Å². The van der Waals surface area contributed by atoms with E-state index in [-0.39, 0.29) is 6.01 Å². The average molecular weight is 291 g/mol. The number of aromatic nitrogens is 4. The Bertz CT molecular complexity index is 772. The van der Waals surface area contributed by atoms with Crippen LogP contribution in [-0.4, -0.2) is 34.2 Å². The number of benzene rings is 1. The molecule has 1 aromatic carbocycles. The molecule has 3 rings (SSSR count). The minimum atomic E-state index is 0.277. The van der Waals surface area contributed by atoms with Crippen LogP contribution in [0.4, 0.5) is 0 Å². The maximum atomic E-state index is 5.95. The van der Waals surface area contributed by atoms with Crippen molar-refractivity contribution in [1.29, 1.82) is 0 Å². The number of methoxy groups -OCH3 is 2. The van der Waals surface area contributed by atoms with E-state index in [1.807, 2.05) is 6.07 Å². The number of aromatic amines is 1. The molecule has 6 nitrogen and oxygen atoms in total. The number of nitrogens with one attached hydrogen (secondary N) is 1. The molecule has 7 heteroatoms. The molecule has 102 valence electrons. The molecular weight excluding hydrogens is 280 g/mol. The molecule has 0 unspecified atom stereocenters. The summed E-state index contributed by atoms with van der Waals surface area (Å²) in [4.78, 5) is 15.8. The van der Waals surface area contributed by atoms with Crippen molar-refractivity contribution in [2.24, 2.45) is 0 Å². The van der Waals surface area contributed by atoms with E-state index in [1.165, 1.54) is 7.11 Å². The number of rotatable bonds is 3. The molecule has 0 bridgehead atoms. The first-order valence-electron chi connectivity index (χ1n) is 5.82. The standard InChI is InChI=1S/C13H11ClN4O2/c1-19-10-5-7(14)3-4-8(10)11-16-9-6-15-13(20-2)18-12(9)17-11/h3-6H,1-2H3,(H,15,16,17,18). The van der Waals surface area contributed by atoms with Crippen LogP contribution in [0.2, 0.25) is 5.02 Å². The summed E-state index contributed by atoms with van der Waals surface area (Å²) in [7, 11) is 3.09. The maximum Gasteiger partial charge on any atom is 0.318 e. The van der Waals surface area contributed by atoms with E-state index in [1.54, 1.807) is 25.4 Å².